The van der Waals surface area contributed by atoms with E-state index in [9.17, 15) is 8.78 Å². The fourth-order valence-electron chi connectivity index (χ4n) is 3.41. The molecular formula is C19H17F2N7S. The largest absolute Gasteiger partial charge is 0.352 e. The van der Waals surface area contributed by atoms with E-state index in [1.807, 2.05) is 13.2 Å². The molecule has 4 heterocycles. The van der Waals surface area contributed by atoms with Gasteiger partial charge in [0, 0.05) is 51.1 Å². The number of hydrogen-bond acceptors (Lipinski definition) is 7. The number of fused-ring (bicyclic) bond motifs is 1. The minimum atomic E-state index is -0.622. The smallest absolute Gasteiger partial charge is 0.186 e. The SMILES string of the molecule is Cn1cc(-c2cncc(N3CCN(c4nc5c(F)cc(F)cc5s4)CC3)n2)cn1. The van der Waals surface area contributed by atoms with Gasteiger partial charge in [-0.05, 0) is 6.07 Å². The monoisotopic (exact) mass is 413 g/mol. The van der Waals surface area contributed by atoms with Crippen LogP contribution in [0.3, 0.4) is 0 Å². The number of hydrogen-bond donors (Lipinski definition) is 0. The summed E-state index contributed by atoms with van der Waals surface area (Å²) in [6.07, 6.45) is 7.15. The van der Waals surface area contributed by atoms with Gasteiger partial charge in [0.25, 0.3) is 0 Å². The molecule has 148 valence electrons. The van der Waals surface area contributed by atoms with Crippen LogP contribution in [0, 0.1) is 11.6 Å². The molecule has 0 N–H and O–H groups in total. The van der Waals surface area contributed by atoms with Crippen molar-refractivity contribution >= 4 is 32.5 Å². The normalized spacial score (nSPS) is 14.7. The standard InChI is InChI=1S/C19H17F2N7S/c1-26-11-12(8-23-26)15-9-22-10-17(24-15)27-2-4-28(5-3-27)19-25-18-14(21)6-13(20)7-16(18)29-19/h6-11H,2-5H2,1H3. The highest BCUT2D eigenvalue weighted by atomic mass is 32.1. The zero-order chi connectivity index (χ0) is 20.0. The second-order valence-electron chi connectivity index (χ2n) is 6.87. The molecule has 1 aromatic carbocycles. The molecule has 0 spiro atoms. The topological polar surface area (TPSA) is 63.0 Å². The number of anilines is 2. The third-order valence-corrected chi connectivity index (χ3v) is 5.96. The van der Waals surface area contributed by atoms with E-state index in [0.29, 0.717) is 22.9 Å². The molecule has 1 saturated heterocycles. The van der Waals surface area contributed by atoms with Crippen LogP contribution in [0.25, 0.3) is 21.5 Å². The van der Waals surface area contributed by atoms with Gasteiger partial charge in [-0.3, -0.25) is 9.67 Å². The van der Waals surface area contributed by atoms with Crippen molar-refractivity contribution in [3.63, 3.8) is 0 Å². The van der Waals surface area contributed by atoms with Gasteiger partial charge in [0.1, 0.15) is 17.2 Å². The number of nitrogens with zero attached hydrogens (tertiary/aromatic N) is 7. The number of piperazine rings is 1. The predicted molar refractivity (Wildman–Crippen MR) is 108 cm³/mol. The average molecular weight is 413 g/mol. The summed E-state index contributed by atoms with van der Waals surface area (Å²) in [7, 11) is 1.86. The molecule has 0 bridgehead atoms. The molecule has 1 aliphatic rings. The Labute approximate surface area is 169 Å². The predicted octanol–water partition coefficient (Wildman–Crippen LogP) is 3.09. The first-order valence-corrected chi connectivity index (χ1v) is 9.95. The van der Waals surface area contributed by atoms with Crippen molar-refractivity contribution < 1.29 is 8.78 Å². The molecule has 0 saturated carbocycles. The van der Waals surface area contributed by atoms with Crippen molar-refractivity contribution in [1.29, 1.82) is 0 Å². The van der Waals surface area contributed by atoms with E-state index in [2.05, 4.69) is 24.9 Å². The second kappa shape index (κ2) is 7.03. The Balaban J connectivity index is 1.32. The van der Waals surface area contributed by atoms with Crippen molar-refractivity contribution in [3.05, 3.63) is 48.6 Å². The first-order chi connectivity index (χ1) is 14.1. The molecule has 0 radical (unpaired) electrons. The van der Waals surface area contributed by atoms with Crippen LogP contribution in [0.15, 0.2) is 36.9 Å². The van der Waals surface area contributed by atoms with E-state index in [4.69, 9.17) is 4.98 Å². The van der Waals surface area contributed by atoms with Gasteiger partial charge >= 0.3 is 0 Å². The lowest BCUT2D eigenvalue weighted by Gasteiger charge is -2.35. The van der Waals surface area contributed by atoms with E-state index in [1.54, 1.807) is 23.3 Å². The van der Waals surface area contributed by atoms with Gasteiger partial charge in [0.05, 0.1) is 29.0 Å². The molecule has 29 heavy (non-hydrogen) atoms. The molecule has 0 atom stereocenters. The van der Waals surface area contributed by atoms with E-state index in [0.717, 1.165) is 36.2 Å². The summed E-state index contributed by atoms with van der Waals surface area (Å²) in [6.45, 7) is 2.89. The Morgan fingerprint density at radius 3 is 2.52 bits per heavy atom. The quantitative estimate of drug-likeness (QED) is 0.514. The third kappa shape index (κ3) is 3.39. The lowest BCUT2D eigenvalue weighted by Crippen LogP contribution is -2.46. The minimum absolute atomic E-state index is 0.226. The van der Waals surface area contributed by atoms with Gasteiger partial charge < -0.3 is 9.80 Å². The maximum atomic E-state index is 13.9. The highest BCUT2D eigenvalue weighted by molar-refractivity contribution is 7.22. The maximum absolute atomic E-state index is 13.9. The molecule has 0 unspecified atom stereocenters. The van der Waals surface area contributed by atoms with Crippen molar-refractivity contribution in [2.24, 2.45) is 7.05 Å². The number of halogens is 2. The fourth-order valence-corrected chi connectivity index (χ4v) is 4.46. The van der Waals surface area contributed by atoms with Gasteiger partial charge in [0.2, 0.25) is 0 Å². The molecule has 7 nitrogen and oxygen atoms in total. The van der Waals surface area contributed by atoms with Gasteiger partial charge in [-0.2, -0.15) is 5.10 Å². The van der Waals surface area contributed by atoms with Gasteiger partial charge in [-0.1, -0.05) is 11.3 Å². The minimum Gasteiger partial charge on any atom is -0.352 e. The van der Waals surface area contributed by atoms with Crippen molar-refractivity contribution in [1.82, 2.24) is 24.7 Å². The lowest BCUT2D eigenvalue weighted by atomic mass is 10.2. The fraction of sp³-hybridized carbons (Fsp3) is 0.263. The van der Waals surface area contributed by atoms with Crippen molar-refractivity contribution in [3.8, 4) is 11.3 Å². The number of aromatic nitrogens is 5. The van der Waals surface area contributed by atoms with E-state index < -0.39 is 11.6 Å². The third-order valence-electron chi connectivity index (χ3n) is 4.90. The molecular weight excluding hydrogens is 396 g/mol. The summed E-state index contributed by atoms with van der Waals surface area (Å²) >= 11 is 1.31. The molecule has 1 aliphatic heterocycles. The summed E-state index contributed by atoms with van der Waals surface area (Å²) in [4.78, 5) is 17.7. The molecule has 3 aromatic heterocycles. The summed E-state index contributed by atoms with van der Waals surface area (Å²) < 4.78 is 29.6. The maximum Gasteiger partial charge on any atom is 0.186 e. The molecule has 5 rings (SSSR count). The van der Waals surface area contributed by atoms with Crippen LogP contribution in [-0.4, -0.2) is 50.9 Å². The first kappa shape index (κ1) is 17.9. The number of aryl methyl sites for hydroxylation is 1. The van der Waals surface area contributed by atoms with Gasteiger partial charge in [0.15, 0.2) is 10.9 Å². The summed E-state index contributed by atoms with van der Waals surface area (Å²) in [5.41, 5.74) is 1.93. The van der Waals surface area contributed by atoms with Gasteiger partial charge in [-0.25, -0.2) is 18.7 Å². The van der Waals surface area contributed by atoms with Crippen LogP contribution >= 0.6 is 11.3 Å². The van der Waals surface area contributed by atoms with Gasteiger partial charge in [-0.15, -0.1) is 0 Å². The highest BCUT2D eigenvalue weighted by Gasteiger charge is 2.22. The molecule has 1 fully saturated rings. The summed E-state index contributed by atoms with van der Waals surface area (Å²) in [5, 5.41) is 4.89. The Morgan fingerprint density at radius 2 is 1.76 bits per heavy atom. The highest BCUT2D eigenvalue weighted by Crippen LogP contribution is 2.32. The molecule has 10 heteroatoms. The average Bonchev–Trinajstić information content (AvgIpc) is 3.35. The molecule has 4 aromatic rings. The number of benzene rings is 1. The zero-order valence-corrected chi connectivity index (χ0v) is 16.4. The number of thiazole rings is 1. The van der Waals surface area contributed by atoms with Crippen LogP contribution in [0.4, 0.5) is 19.7 Å². The Morgan fingerprint density at radius 1 is 0.966 bits per heavy atom. The Bertz CT molecular complexity index is 1180. The van der Waals surface area contributed by atoms with Crippen molar-refractivity contribution in [2.45, 2.75) is 0 Å². The molecule has 0 aliphatic carbocycles. The van der Waals surface area contributed by atoms with Crippen LogP contribution in [0.2, 0.25) is 0 Å². The number of rotatable bonds is 3. The van der Waals surface area contributed by atoms with Crippen LogP contribution < -0.4 is 9.80 Å². The van der Waals surface area contributed by atoms with Crippen LogP contribution in [-0.2, 0) is 7.05 Å². The van der Waals surface area contributed by atoms with Crippen molar-refractivity contribution in [2.75, 3.05) is 36.0 Å². The Hall–Kier alpha value is -3.14. The van der Waals surface area contributed by atoms with Crippen LogP contribution in [0.5, 0.6) is 0 Å². The Kier molecular flexibility index (Phi) is 4.35. The van der Waals surface area contributed by atoms with Crippen LogP contribution in [0.1, 0.15) is 0 Å². The van der Waals surface area contributed by atoms with E-state index >= 15 is 0 Å². The molecule has 0 amide bonds. The second-order valence-corrected chi connectivity index (χ2v) is 7.88. The summed E-state index contributed by atoms with van der Waals surface area (Å²) in [6, 6.07) is 2.20. The lowest BCUT2D eigenvalue weighted by molar-refractivity contribution is 0.591. The summed E-state index contributed by atoms with van der Waals surface area (Å²) in [5.74, 6) is -0.394. The zero-order valence-electron chi connectivity index (χ0n) is 15.6. The first-order valence-electron chi connectivity index (χ1n) is 9.13. The van der Waals surface area contributed by atoms with E-state index in [-0.39, 0.29) is 5.52 Å². The van der Waals surface area contributed by atoms with E-state index in [1.165, 1.54) is 17.4 Å².